The zero-order valence-corrected chi connectivity index (χ0v) is 13.5. The molecule has 2 unspecified atom stereocenters. The van der Waals surface area contributed by atoms with Crippen LogP contribution in [0.3, 0.4) is 0 Å². The summed E-state index contributed by atoms with van der Waals surface area (Å²) in [7, 11) is 0. The molecule has 2 atom stereocenters. The van der Waals surface area contributed by atoms with Crippen molar-refractivity contribution in [1.29, 1.82) is 0 Å². The molecule has 1 fully saturated rings. The topological polar surface area (TPSA) is 24.5 Å². The van der Waals surface area contributed by atoms with E-state index in [-0.39, 0.29) is 0 Å². The highest BCUT2D eigenvalue weighted by atomic mass is 16.5. The fraction of sp³-hybridized carbons (Fsp3) is 1.00. The number of hydrogen-bond donors (Lipinski definition) is 1. The molecule has 0 bridgehead atoms. The normalized spacial score (nSPS) is 22.9. The smallest absolute Gasteiger partial charge is 0.0702 e. The standard InChI is InChI=1S/C16H34N2O/c1-5-9-17-16(14(3)4)13-18-10-7-8-15(12-18)19-11-6-2/h14-17H,5-13H2,1-4H3. The minimum absolute atomic E-state index is 0.465. The Kier molecular flexibility index (Phi) is 8.67. The number of hydrogen-bond acceptors (Lipinski definition) is 3. The van der Waals surface area contributed by atoms with Gasteiger partial charge < -0.3 is 10.1 Å². The molecule has 1 heterocycles. The molecule has 0 aromatic heterocycles. The van der Waals surface area contributed by atoms with Crippen LogP contribution in [0.1, 0.15) is 53.4 Å². The van der Waals surface area contributed by atoms with Gasteiger partial charge in [-0.2, -0.15) is 0 Å². The van der Waals surface area contributed by atoms with Crippen molar-refractivity contribution in [3.63, 3.8) is 0 Å². The lowest BCUT2D eigenvalue weighted by molar-refractivity contribution is -0.00350. The van der Waals surface area contributed by atoms with E-state index in [1.165, 1.54) is 32.4 Å². The van der Waals surface area contributed by atoms with Crippen LogP contribution >= 0.6 is 0 Å². The molecule has 0 spiro atoms. The van der Waals surface area contributed by atoms with Crippen LogP contribution in [0.2, 0.25) is 0 Å². The third-order valence-electron chi connectivity index (χ3n) is 3.94. The number of ether oxygens (including phenoxy) is 1. The maximum Gasteiger partial charge on any atom is 0.0702 e. The third kappa shape index (κ3) is 6.73. The van der Waals surface area contributed by atoms with E-state index in [2.05, 4.69) is 37.9 Å². The van der Waals surface area contributed by atoms with Crippen molar-refractivity contribution in [2.24, 2.45) is 5.92 Å². The molecule has 0 aromatic rings. The van der Waals surface area contributed by atoms with E-state index in [4.69, 9.17) is 4.74 Å². The van der Waals surface area contributed by atoms with Crippen LogP contribution in [-0.2, 0) is 4.74 Å². The Bertz CT molecular complexity index is 221. The zero-order valence-electron chi connectivity index (χ0n) is 13.5. The van der Waals surface area contributed by atoms with Gasteiger partial charge in [0.15, 0.2) is 0 Å². The SMILES string of the molecule is CCCNC(CN1CCCC(OCCC)C1)C(C)C. The molecule has 0 radical (unpaired) electrons. The first kappa shape index (κ1) is 16.9. The van der Waals surface area contributed by atoms with Crippen LogP contribution in [0, 0.1) is 5.92 Å². The summed E-state index contributed by atoms with van der Waals surface area (Å²) in [6, 6.07) is 0.616. The number of likely N-dealkylation sites (tertiary alicyclic amines) is 1. The van der Waals surface area contributed by atoms with Crippen molar-refractivity contribution in [3.05, 3.63) is 0 Å². The minimum Gasteiger partial charge on any atom is -0.377 e. The zero-order chi connectivity index (χ0) is 14.1. The fourth-order valence-corrected chi connectivity index (χ4v) is 2.72. The van der Waals surface area contributed by atoms with Crippen LogP contribution in [-0.4, -0.2) is 49.8 Å². The summed E-state index contributed by atoms with van der Waals surface area (Å²) < 4.78 is 5.92. The Morgan fingerprint density at radius 2 is 2.05 bits per heavy atom. The van der Waals surface area contributed by atoms with Crippen molar-refractivity contribution in [1.82, 2.24) is 10.2 Å². The number of piperidine rings is 1. The van der Waals surface area contributed by atoms with Crippen LogP contribution in [0.5, 0.6) is 0 Å². The van der Waals surface area contributed by atoms with E-state index in [0.29, 0.717) is 18.1 Å². The summed E-state index contributed by atoms with van der Waals surface area (Å²) in [5.74, 6) is 0.698. The summed E-state index contributed by atoms with van der Waals surface area (Å²) >= 11 is 0. The predicted octanol–water partition coefficient (Wildman–Crippen LogP) is 2.90. The van der Waals surface area contributed by atoms with E-state index in [9.17, 15) is 0 Å². The van der Waals surface area contributed by atoms with Gasteiger partial charge in [0.2, 0.25) is 0 Å². The van der Waals surface area contributed by atoms with E-state index < -0.39 is 0 Å². The van der Waals surface area contributed by atoms with Gasteiger partial charge in [-0.25, -0.2) is 0 Å². The molecule has 1 rings (SSSR count). The molecule has 1 aliphatic heterocycles. The van der Waals surface area contributed by atoms with Gasteiger partial charge in [0.25, 0.3) is 0 Å². The molecule has 0 aromatic carbocycles. The Labute approximate surface area is 120 Å². The quantitative estimate of drug-likeness (QED) is 0.697. The highest BCUT2D eigenvalue weighted by molar-refractivity contribution is 4.80. The maximum atomic E-state index is 5.92. The van der Waals surface area contributed by atoms with Gasteiger partial charge in [0, 0.05) is 25.7 Å². The highest BCUT2D eigenvalue weighted by Gasteiger charge is 2.23. The average Bonchev–Trinajstić information content (AvgIpc) is 2.41. The molecule has 114 valence electrons. The Morgan fingerprint density at radius 3 is 2.68 bits per heavy atom. The van der Waals surface area contributed by atoms with Gasteiger partial charge in [-0.05, 0) is 44.7 Å². The predicted molar refractivity (Wildman–Crippen MR) is 82.6 cm³/mol. The summed E-state index contributed by atoms with van der Waals surface area (Å²) in [5.41, 5.74) is 0. The van der Waals surface area contributed by atoms with Gasteiger partial charge in [-0.15, -0.1) is 0 Å². The van der Waals surface area contributed by atoms with Crippen molar-refractivity contribution in [2.75, 3.05) is 32.8 Å². The first-order chi connectivity index (χ1) is 9.17. The molecule has 0 amide bonds. The molecular formula is C16H34N2O. The first-order valence-electron chi connectivity index (χ1n) is 8.24. The van der Waals surface area contributed by atoms with E-state index in [0.717, 1.165) is 26.1 Å². The monoisotopic (exact) mass is 270 g/mol. The Hall–Kier alpha value is -0.120. The molecule has 1 aliphatic rings. The van der Waals surface area contributed by atoms with Crippen LogP contribution in [0.4, 0.5) is 0 Å². The Morgan fingerprint density at radius 1 is 1.26 bits per heavy atom. The summed E-state index contributed by atoms with van der Waals surface area (Å²) in [6.45, 7) is 14.6. The molecule has 0 saturated carbocycles. The van der Waals surface area contributed by atoms with E-state index in [1.807, 2.05) is 0 Å². The molecule has 1 saturated heterocycles. The van der Waals surface area contributed by atoms with Gasteiger partial charge in [0.1, 0.15) is 0 Å². The average molecular weight is 270 g/mol. The van der Waals surface area contributed by atoms with Crippen molar-refractivity contribution >= 4 is 0 Å². The molecule has 0 aliphatic carbocycles. The van der Waals surface area contributed by atoms with Crippen molar-refractivity contribution < 1.29 is 4.74 Å². The fourth-order valence-electron chi connectivity index (χ4n) is 2.72. The number of nitrogens with zero attached hydrogens (tertiary/aromatic N) is 1. The Balaban J connectivity index is 2.35. The summed E-state index contributed by atoms with van der Waals surface area (Å²) in [5, 5.41) is 3.69. The van der Waals surface area contributed by atoms with Crippen molar-refractivity contribution in [2.45, 2.75) is 65.5 Å². The van der Waals surface area contributed by atoms with Gasteiger partial charge >= 0.3 is 0 Å². The lowest BCUT2D eigenvalue weighted by Gasteiger charge is -2.36. The van der Waals surface area contributed by atoms with Gasteiger partial charge in [0.05, 0.1) is 6.10 Å². The third-order valence-corrected chi connectivity index (χ3v) is 3.94. The first-order valence-corrected chi connectivity index (χ1v) is 8.24. The molecule has 1 N–H and O–H groups in total. The largest absolute Gasteiger partial charge is 0.377 e. The minimum atomic E-state index is 0.465. The number of rotatable bonds is 9. The molecular weight excluding hydrogens is 236 g/mol. The second-order valence-corrected chi connectivity index (χ2v) is 6.20. The van der Waals surface area contributed by atoms with Gasteiger partial charge in [-0.3, -0.25) is 4.90 Å². The molecule has 3 heteroatoms. The lowest BCUT2D eigenvalue weighted by atomic mass is 10.0. The second kappa shape index (κ2) is 9.73. The van der Waals surface area contributed by atoms with Crippen LogP contribution in [0.25, 0.3) is 0 Å². The lowest BCUT2D eigenvalue weighted by Crippen LogP contribution is -2.49. The van der Waals surface area contributed by atoms with E-state index >= 15 is 0 Å². The summed E-state index contributed by atoms with van der Waals surface area (Å²) in [6.07, 6.45) is 5.33. The summed E-state index contributed by atoms with van der Waals surface area (Å²) in [4.78, 5) is 2.59. The van der Waals surface area contributed by atoms with Crippen LogP contribution in [0.15, 0.2) is 0 Å². The maximum absolute atomic E-state index is 5.92. The van der Waals surface area contributed by atoms with E-state index in [1.54, 1.807) is 0 Å². The highest BCUT2D eigenvalue weighted by Crippen LogP contribution is 2.15. The van der Waals surface area contributed by atoms with Crippen LogP contribution < -0.4 is 5.32 Å². The second-order valence-electron chi connectivity index (χ2n) is 6.20. The molecule has 19 heavy (non-hydrogen) atoms. The molecule has 3 nitrogen and oxygen atoms in total. The van der Waals surface area contributed by atoms with Crippen molar-refractivity contribution in [3.8, 4) is 0 Å². The van der Waals surface area contributed by atoms with Gasteiger partial charge in [-0.1, -0.05) is 27.7 Å². The number of nitrogens with one attached hydrogen (secondary N) is 1.